The van der Waals surface area contributed by atoms with Gasteiger partial charge in [0.25, 0.3) is 5.91 Å². The van der Waals surface area contributed by atoms with E-state index in [4.69, 9.17) is 4.74 Å². The quantitative estimate of drug-likeness (QED) is 0.877. The first-order valence-corrected chi connectivity index (χ1v) is 7.96. The number of nitrogens with zero attached hydrogens (tertiary/aromatic N) is 1. The Morgan fingerprint density at radius 3 is 2.58 bits per heavy atom. The zero-order valence-electron chi connectivity index (χ0n) is 14.1. The van der Waals surface area contributed by atoms with Crippen LogP contribution in [-0.2, 0) is 11.2 Å². The normalized spacial score (nSPS) is 15.4. The van der Waals surface area contributed by atoms with Gasteiger partial charge in [-0.2, -0.15) is 0 Å². The van der Waals surface area contributed by atoms with Crippen LogP contribution in [0.4, 0.5) is 0 Å². The molecule has 1 N–H and O–H groups in total. The minimum absolute atomic E-state index is 0.200. The van der Waals surface area contributed by atoms with Gasteiger partial charge in [-0.15, -0.1) is 0 Å². The van der Waals surface area contributed by atoms with Crippen LogP contribution in [0.3, 0.4) is 0 Å². The number of hydrogen-bond acceptors (Lipinski definition) is 3. The van der Waals surface area contributed by atoms with E-state index < -0.39 is 0 Å². The lowest BCUT2D eigenvalue weighted by atomic mass is 10.1. The summed E-state index contributed by atoms with van der Waals surface area (Å²) in [6.07, 6.45) is 2.69. The highest BCUT2D eigenvalue weighted by atomic mass is 16.5. The molecule has 1 heterocycles. The lowest BCUT2D eigenvalue weighted by Crippen LogP contribution is -2.24. The van der Waals surface area contributed by atoms with Gasteiger partial charge in [-0.3, -0.25) is 4.79 Å². The molecular formula is C20H20N2O2. The van der Waals surface area contributed by atoms with E-state index in [0.717, 1.165) is 23.3 Å². The number of amides is 1. The molecule has 0 unspecified atom stereocenters. The molecule has 1 aliphatic rings. The maximum Gasteiger partial charge on any atom is 0.275 e. The van der Waals surface area contributed by atoms with Crippen LogP contribution in [0.5, 0.6) is 5.75 Å². The van der Waals surface area contributed by atoms with Gasteiger partial charge in [-0.1, -0.05) is 42.8 Å². The summed E-state index contributed by atoms with van der Waals surface area (Å²) in [5.41, 5.74) is 4.49. The van der Waals surface area contributed by atoms with E-state index in [1.54, 1.807) is 13.2 Å². The fraction of sp³-hybridized carbons (Fsp3) is 0.200. The molecule has 0 saturated carbocycles. The van der Waals surface area contributed by atoms with Crippen molar-refractivity contribution in [3.8, 4) is 5.75 Å². The Kier molecular flexibility index (Phi) is 4.47. The van der Waals surface area contributed by atoms with Crippen molar-refractivity contribution in [2.45, 2.75) is 20.3 Å². The van der Waals surface area contributed by atoms with Gasteiger partial charge in [-0.25, -0.2) is 4.99 Å². The van der Waals surface area contributed by atoms with E-state index in [9.17, 15) is 4.79 Å². The number of hydrogen-bond donors (Lipinski definition) is 1. The number of ether oxygens (including phenoxy) is 1. The molecule has 122 valence electrons. The number of aryl methyl sites for hydroxylation is 2. The predicted octanol–water partition coefficient (Wildman–Crippen LogP) is 3.48. The zero-order valence-corrected chi connectivity index (χ0v) is 14.1. The SMILES string of the molecule is CCc1ccc(OC)c(/C=C2/N=C(c3ccc(C)cc3)NC2=O)c1. The Hall–Kier alpha value is -2.88. The van der Waals surface area contributed by atoms with Gasteiger partial charge in [0.2, 0.25) is 0 Å². The van der Waals surface area contributed by atoms with E-state index in [0.29, 0.717) is 11.5 Å². The number of methoxy groups -OCH3 is 1. The molecular weight excluding hydrogens is 300 g/mol. The van der Waals surface area contributed by atoms with Crippen molar-refractivity contribution in [1.82, 2.24) is 5.32 Å². The second-order valence-corrected chi connectivity index (χ2v) is 5.74. The minimum Gasteiger partial charge on any atom is -0.496 e. The van der Waals surface area contributed by atoms with Crippen LogP contribution in [0.15, 0.2) is 53.2 Å². The fourth-order valence-electron chi connectivity index (χ4n) is 2.58. The van der Waals surface area contributed by atoms with Crippen molar-refractivity contribution in [2.75, 3.05) is 7.11 Å². The summed E-state index contributed by atoms with van der Waals surface area (Å²) in [6.45, 7) is 4.12. The molecule has 4 nitrogen and oxygen atoms in total. The molecule has 0 aliphatic carbocycles. The lowest BCUT2D eigenvalue weighted by Gasteiger charge is -2.07. The highest BCUT2D eigenvalue weighted by Gasteiger charge is 2.21. The third kappa shape index (κ3) is 3.23. The summed E-state index contributed by atoms with van der Waals surface area (Å²) in [5.74, 6) is 1.11. The van der Waals surface area contributed by atoms with Crippen LogP contribution in [0.2, 0.25) is 0 Å². The second-order valence-electron chi connectivity index (χ2n) is 5.74. The second kappa shape index (κ2) is 6.71. The molecule has 1 aliphatic heterocycles. The average Bonchev–Trinajstić information content (AvgIpc) is 2.96. The number of carbonyl (C=O) groups excluding carboxylic acids is 1. The molecule has 0 spiro atoms. The van der Waals surface area contributed by atoms with Crippen LogP contribution in [-0.4, -0.2) is 18.9 Å². The summed E-state index contributed by atoms with van der Waals surface area (Å²) in [5, 5.41) is 2.83. The lowest BCUT2D eigenvalue weighted by molar-refractivity contribution is -0.115. The van der Waals surface area contributed by atoms with Crippen molar-refractivity contribution in [3.63, 3.8) is 0 Å². The van der Waals surface area contributed by atoms with Crippen molar-refractivity contribution in [2.24, 2.45) is 4.99 Å². The maximum atomic E-state index is 12.2. The first-order chi connectivity index (χ1) is 11.6. The molecule has 0 bridgehead atoms. The zero-order chi connectivity index (χ0) is 17.1. The molecule has 0 fully saturated rings. The highest BCUT2D eigenvalue weighted by molar-refractivity contribution is 6.19. The Morgan fingerprint density at radius 1 is 1.17 bits per heavy atom. The van der Waals surface area contributed by atoms with Crippen LogP contribution in [0.25, 0.3) is 6.08 Å². The molecule has 0 aromatic heterocycles. The standard InChI is InChI=1S/C20H20N2O2/c1-4-14-7-10-18(24-3)16(11-14)12-17-20(23)22-19(21-17)15-8-5-13(2)6-9-15/h5-12H,4H2,1-3H3,(H,21,22,23)/b17-12+. The predicted molar refractivity (Wildman–Crippen MR) is 96.2 cm³/mol. The third-order valence-electron chi connectivity index (χ3n) is 4.02. The molecule has 24 heavy (non-hydrogen) atoms. The van der Waals surface area contributed by atoms with Crippen molar-refractivity contribution >= 4 is 17.8 Å². The van der Waals surface area contributed by atoms with Crippen molar-refractivity contribution in [1.29, 1.82) is 0 Å². The third-order valence-corrected chi connectivity index (χ3v) is 4.02. The van der Waals surface area contributed by atoms with E-state index in [1.807, 2.05) is 49.4 Å². The van der Waals surface area contributed by atoms with Gasteiger partial charge < -0.3 is 10.1 Å². The van der Waals surface area contributed by atoms with Gasteiger partial charge in [-0.05, 0) is 37.1 Å². The Balaban J connectivity index is 1.98. The van der Waals surface area contributed by atoms with Crippen molar-refractivity contribution in [3.05, 3.63) is 70.4 Å². The summed E-state index contributed by atoms with van der Waals surface area (Å²) < 4.78 is 5.39. The summed E-state index contributed by atoms with van der Waals surface area (Å²) in [6, 6.07) is 13.9. The number of amidine groups is 1. The summed E-state index contributed by atoms with van der Waals surface area (Å²) >= 11 is 0. The summed E-state index contributed by atoms with van der Waals surface area (Å²) in [4.78, 5) is 16.7. The summed E-state index contributed by atoms with van der Waals surface area (Å²) in [7, 11) is 1.62. The Morgan fingerprint density at radius 2 is 1.92 bits per heavy atom. The number of benzene rings is 2. The van der Waals surface area contributed by atoms with E-state index in [2.05, 4.69) is 17.2 Å². The number of carbonyl (C=O) groups is 1. The topological polar surface area (TPSA) is 50.7 Å². The molecule has 0 atom stereocenters. The van der Waals surface area contributed by atoms with Crippen LogP contribution >= 0.6 is 0 Å². The van der Waals surface area contributed by atoms with Crippen molar-refractivity contribution < 1.29 is 9.53 Å². The molecule has 0 saturated heterocycles. The van der Waals surface area contributed by atoms with Gasteiger partial charge >= 0.3 is 0 Å². The first-order valence-electron chi connectivity index (χ1n) is 7.96. The molecule has 2 aromatic rings. The van der Waals surface area contributed by atoms with Gasteiger partial charge in [0.1, 0.15) is 17.3 Å². The fourth-order valence-corrected chi connectivity index (χ4v) is 2.58. The number of rotatable bonds is 4. The first kappa shape index (κ1) is 16.0. The monoisotopic (exact) mass is 320 g/mol. The van der Waals surface area contributed by atoms with Gasteiger partial charge in [0, 0.05) is 11.1 Å². The van der Waals surface area contributed by atoms with Crippen LogP contribution in [0, 0.1) is 6.92 Å². The molecule has 2 aromatic carbocycles. The average molecular weight is 320 g/mol. The van der Waals surface area contributed by atoms with E-state index in [-0.39, 0.29) is 5.91 Å². The maximum absolute atomic E-state index is 12.2. The van der Waals surface area contributed by atoms with Crippen LogP contribution < -0.4 is 10.1 Å². The molecule has 1 amide bonds. The van der Waals surface area contributed by atoms with Gasteiger partial charge in [0.15, 0.2) is 0 Å². The largest absolute Gasteiger partial charge is 0.496 e. The molecule has 0 radical (unpaired) electrons. The number of nitrogens with one attached hydrogen (secondary N) is 1. The number of aliphatic imine (C=N–C) groups is 1. The smallest absolute Gasteiger partial charge is 0.275 e. The minimum atomic E-state index is -0.200. The van der Waals surface area contributed by atoms with Gasteiger partial charge in [0.05, 0.1) is 7.11 Å². The molecule has 4 heteroatoms. The van der Waals surface area contributed by atoms with E-state index >= 15 is 0 Å². The highest BCUT2D eigenvalue weighted by Crippen LogP contribution is 2.24. The molecule has 3 rings (SSSR count). The Bertz CT molecular complexity index is 833. The Labute approximate surface area is 141 Å². The van der Waals surface area contributed by atoms with Crippen LogP contribution in [0.1, 0.15) is 29.2 Å². The van der Waals surface area contributed by atoms with E-state index in [1.165, 1.54) is 11.1 Å².